The van der Waals surface area contributed by atoms with Gasteiger partial charge in [-0.1, -0.05) is 6.58 Å². The minimum Gasteiger partial charge on any atom is -0.454 e. The molecular formula is C12H16O8S. The molecule has 0 radical (unpaired) electrons. The smallest absolute Gasteiger partial charge is 0.344 e. The molecule has 2 heterocycles. The van der Waals surface area contributed by atoms with Gasteiger partial charge in [0.15, 0.2) is 12.7 Å². The lowest BCUT2D eigenvalue weighted by atomic mass is 9.95. The van der Waals surface area contributed by atoms with E-state index in [0.29, 0.717) is 12.8 Å². The second kappa shape index (κ2) is 6.54. The first-order valence-corrected chi connectivity index (χ1v) is 7.46. The summed E-state index contributed by atoms with van der Waals surface area (Å²) in [5.74, 6) is -1.49. The maximum atomic E-state index is 11.6. The van der Waals surface area contributed by atoms with Crippen molar-refractivity contribution in [3.05, 3.63) is 12.2 Å². The maximum Gasteiger partial charge on any atom is 0.344 e. The highest BCUT2D eigenvalue weighted by molar-refractivity contribution is 7.67. The molecule has 2 fully saturated rings. The van der Waals surface area contributed by atoms with Gasteiger partial charge in [0.1, 0.15) is 6.10 Å². The first kappa shape index (κ1) is 15.9. The van der Waals surface area contributed by atoms with Gasteiger partial charge in [0, 0.05) is 5.57 Å². The maximum absolute atomic E-state index is 11.6. The third-order valence-corrected chi connectivity index (χ3v) is 3.70. The molecule has 4 atom stereocenters. The molecule has 2 saturated heterocycles. The number of carbonyl (C=O) groups is 2. The Morgan fingerprint density at radius 1 is 1.24 bits per heavy atom. The van der Waals surface area contributed by atoms with Crippen LogP contribution in [0.1, 0.15) is 19.8 Å². The quantitative estimate of drug-likeness (QED) is 0.396. The molecule has 0 amide bonds. The van der Waals surface area contributed by atoms with Crippen molar-refractivity contribution in [1.29, 1.82) is 0 Å². The van der Waals surface area contributed by atoms with Gasteiger partial charge in [0.25, 0.3) is 11.0 Å². The van der Waals surface area contributed by atoms with Gasteiger partial charge >= 0.3 is 11.9 Å². The molecule has 0 aromatic rings. The van der Waals surface area contributed by atoms with Gasteiger partial charge in [0.05, 0.1) is 12.2 Å². The van der Waals surface area contributed by atoms with Crippen molar-refractivity contribution >= 4 is 22.9 Å². The monoisotopic (exact) mass is 320 g/mol. The Bertz CT molecular complexity index is 517. The molecule has 0 spiro atoms. The van der Waals surface area contributed by atoms with Crippen molar-refractivity contribution in [3.63, 3.8) is 0 Å². The van der Waals surface area contributed by atoms with E-state index in [1.807, 2.05) is 0 Å². The first-order chi connectivity index (χ1) is 9.88. The van der Waals surface area contributed by atoms with Crippen LogP contribution in [-0.4, -0.2) is 51.4 Å². The van der Waals surface area contributed by atoms with E-state index < -0.39 is 53.9 Å². The molecule has 0 aromatic heterocycles. The zero-order valence-corrected chi connectivity index (χ0v) is 12.2. The summed E-state index contributed by atoms with van der Waals surface area (Å²) in [5, 5.41) is 0. The fraction of sp³-hybridized carbons (Fsp3) is 0.667. The molecular weight excluding hydrogens is 304 g/mol. The van der Waals surface area contributed by atoms with Crippen molar-refractivity contribution in [2.24, 2.45) is 0 Å². The standard InChI is InChI=1S/C12H16O8S/c1-6(2)12(14)17-5-9(13)19-10-7-3-4-8(18-7)11(10)20-21(15)16/h7-8,10-11,21H,1,3-5H2,2H3. The van der Waals surface area contributed by atoms with E-state index in [-0.39, 0.29) is 5.57 Å². The molecule has 8 nitrogen and oxygen atoms in total. The van der Waals surface area contributed by atoms with Crippen molar-refractivity contribution in [3.8, 4) is 0 Å². The molecule has 118 valence electrons. The number of fused-ring (bicyclic) bond motifs is 2. The number of carbonyl (C=O) groups excluding carboxylic acids is 2. The average Bonchev–Trinajstić information content (AvgIpc) is 2.98. The molecule has 2 aliphatic heterocycles. The molecule has 0 aliphatic carbocycles. The summed E-state index contributed by atoms with van der Waals surface area (Å²) in [5.41, 5.74) is 0.163. The number of thiol groups is 1. The molecule has 0 N–H and O–H groups in total. The fourth-order valence-corrected chi connectivity index (χ4v) is 2.85. The van der Waals surface area contributed by atoms with Gasteiger partial charge in [-0.15, -0.1) is 0 Å². The van der Waals surface area contributed by atoms with Crippen LogP contribution in [0.15, 0.2) is 12.2 Å². The summed E-state index contributed by atoms with van der Waals surface area (Å²) in [4.78, 5) is 22.8. The van der Waals surface area contributed by atoms with Gasteiger partial charge in [-0.05, 0) is 19.8 Å². The van der Waals surface area contributed by atoms with Gasteiger partial charge in [0.2, 0.25) is 0 Å². The van der Waals surface area contributed by atoms with Gasteiger partial charge in [-0.2, -0.15) is 0 Å². The van der Waals surface area contributed by atoms with Gasteiger partial charge in [-0.3, -0.25) is 4.18 Å². The highest BCUT2D eigenvalue weighted by Crippen LogP contribution is 2.38. The summed E-state index contributed by atoms with van der Waals surface area (Å²) >= 11 is 0. The van der Waals surface area contributed by atoms with E-state index in [9.17, 15) is 18.0 Å². The van der Waals surface area contributed by atoms with Crippen LogP contribution < -0.4 is 0 Å². The summed E-state index contributed by atoms with van der Waals surface area (Å²) in [6.45, 7) is 4.26. The zero-order chi connectivity index (χ0) is 15.6. The van der Waals surface area contributed by atoms with Crippen molar-refractivity contribution in [2.75, 3.05) is 6.61 Å². The van der Waals surface area contributed by atoms with Crippen LogP contribution in [0.4, 0.5) is 0 Å². The second-order valence-electron chi connectivity index (χ2n) is 4.89. The van der Waals surface area contributed by atoms with Crippen LogP contribution in [0.25, 0.3) is 0 Å². The van der Waals surface area contributed by atoms with E-state index in [0.717, 1.165) is 0 Å². The van der Waals surface area contributed by atoms with Crippen LogP contribution in [-0.2, 0) is 39.0 Å². The van der Waals surface area contributed by atoms with Gasteiger partial charge in [-0.25, -0.2) is 18.0 Å². The minimum atomic E-state index is -3.07. The van der Waals surface area contributed by atoms with Crippen molar-refractivity contribution < 1.29 is 36.4 Å². The molecule has 0 saturated carbocycles. The Hall–Kier alpha value is -1.45. The Morgan fingerprint density at radius 2 is 1.86 bits per heavy atom. The Morgan fingerprint density at radius 3 is 2.43 bits per heavy atom. The largest absolute Gasteiger partial charge is 0.454 e. The van der Waals surface area contributed by atoms with Crippen molar-refractivity contribution in [1.82, 2.24) is 0 Å². The van der Waals surface area contributed by atoms with Crippen LogP contribution in [0.2, 0.25) is 0 Å². The topological polar surface area (TPSA) is 105 Å². The lowest BCUT2D eigenvalue weighted by molar-refractivity contribution is -0.165. The van der Waals surface area contributed by atoms with Crippen LogP contribution in [0.3, 0.4) is 0 Å². The molecule has 0 aromatic carbocycles. The lowest BCUT2D eigenvalue weighted by Crippen LogP contribution is -2.42. The van der Waals surface area contributed by atoms with Crippen LogP contribution in [0, 0.1) is 0 Å². The first-order valence-electron chi connectivity index (χ1n) is 6.37. The van der Waals surface area contributed by atoms with E-state index >= 15 is 0 Å². The highest BCUT2D eigenvalue weighted by atomic mass is 32.2. The number of hydrogen-bond donors (Lipinski definition) is 1. The minimum absolute atomic E-state index is 0.163. The summed E-state index contributed by atoms with van der Waals surface area (Å²) in [7, 11) is -3.07. The van der Waals surface area contributed by atoms with Crippen LogP contribution >= 0.6 is 0 Å². The predicted octanol–water partition coefficient (Wildman–Crippen LogP) is -0.510. The summed E-state index contributed by atoms with van der Waals surface area (Å²) < 4.78 is 41.4. The molecule has 2 rings (SSSR count). The Labute approximate surface area is 123 Å². The van der Waals surface area contributed by atoms with E-state index in [4.69, 9.17) is 13.7 Å². The molecule has 2 bridgehead atoms. The number of rotatable bonds is 6. The van der Waals surface area contributed by atoms with E-state index in [1.165, 1.54) is 6.92 Å². The van der Waals surface area contributed by atoms with Gasteiger partial charge < -0.3 is 14.2 Å². The molecule has 21 heavy (non-hydrogen) atoms. The van der Waals surface area contributed by atoms with Crippen LogP contribution in [0.5, 0.6) is 0 Å². The summed E-state index contributed by atoms with van der Waals surface area (Å²) in [6.07, 6.45) is -1.14. The number of ether oxygens (including phenoxy) is 3. The molecule has 2 aliphatic rings. The lowest BCUT2D eigenvalue weighted by Gasteiger charge is -2.25. The van der Waals surface area contributed by atoms with E-state index in [2.05, 4.69) is 11.3 Å². The molecule has 4 unspecified atom stereocenters. The third-order valence-electron chi connectivity index (χ3n) is 3.29. The number of hydrogen-bond acceptors (Lipinski definition) is 8. The fourth-order valence-electron chi connectivity index (χ4n) is 2.40. The highest BCUT2D eigenvalue weighted by Gasteiger charge is 2.52. The van der Waals surface area contributed by atoms with E-state index in [1.54, 1.807) is 0 Å². The third kappa shape index (κ3) is 3.80. The average molecular weight is 320 g/mol. The zero-order valence-electron chi connectivity index (χ0n) is 11.4. The Balaban J connectivity index is 1.89. The SMILES string of the molecule is C=C(C)C(=O)OCC(=O)OC1C2CCC(O2)C1O[SH](=O)=O. The summed E-state index contributed by atoms with van der Waals surface area (Å²) in [6, 6.07) is 0. The normalized spacial score (nSPS) is 30.4. The Kier molecular flexibility index (Phi) is 4.96. The number of esters is 2. The molecule has 9 heteroatoms. The predicted molar refractivity (Wildman–Crippen MR) is 68.7 cm³/mol. The second-order valence-corrected chi connectivity index (χ2v) is 5.55. The van der Waals surface area contributed by atoms with Crippen molar-refractivity contribution in [2.45, 2.75) is 44.2 Å².